The number of carbonyl (C=O) groups is 2. The lowest BCUT2D eigenvalue weighted by molar-refractivity contribution is -0.138. The van der Waals surface area contributed by atoms with Crippen LogP contribution in [0.4, 0.5) is 0 Å². The molecule has 1 aromatic carbocycles. The number of hydrogen-bond donors (Lipinski definition) is 1. The summed E-state index contributed by atoms with van der Waals surface area (Å²) in [6.45, 7) is 2.80. The molecule has 0 unspecified atom stereocenters. The summed E-state index contributed by atoms with van der Waals surface area (Å²) in [6.07, 6.45) is 1.37. The predicted molar refractivity (Wildman–Crippen MR) is 89.1 cm³/mol. The first kappa shape index (κ1) is 16.0. The van der Waals surface area contributed by atoms with E-state index in [-0.39, 0.29) is 18.5 Å². The van der Waals surface area contributed by atoms with Gasteiger partial charge in [0.05, 0.1) is 4.88 Å². The number of hydrogen-bond acceptors (Lipinski definition) is 4. The van der Waals surface area contributed by atoms with E-state index in [1.165, 1.54) is 16.2 Å². The number of nitrogens with zero attached hydrogens (tertiary/aromatic N) is 1. The Bertz CT molecular complexity index is 733. The van der Waals surface area contributed by atoms with Gasteiger partial charge in [-0.2, -0.15) is 0 Å². The maximum Gasteiger partial charge on any atom is 0.323 e. The number of ether oxygens (including phenoxy) is 1. The molecule has 1 aliphatic heterocycles. The van der Waals surface area contributed by atoms with Crippen molar-refractivity contribution in [2.75, 3.05) is 19.8 Å². The van der Waals surface area contributed by atoms with Crippen LogP contribution in [0.5, 0.6) is 0 Å². The molecule has 1 aliphatic rings. The highest BCUT2D eigenvalue weighted by molar-refractivity contribution is 7.21. The number of fused-ring (bicyclic) bond motifs is 1. The number of rotatable bonds is 4. The highest BCUT2D eigenvalue weighted by Crippen LogP contribution is 2.32. The van der Waals surface area contributed by atoms with Crippen LogP contribution in [-0.4, -0.2) is 47.7 Å². The van der Waals surface area contributed by atoms with E-state index >= 15 is 0 Å². The second kappa shape index (κ2) is 6.68. The number of carboxylic acids is 1. The van der Waals surface area contributed by atoms with E-state index in [0.717, 1.165) is 15.6 Å². The van der Waals surface area contributed by atoms with Gasteiger partial charge in [-0.15, -0.1) is 11.3 Å². The smallest absolute Gasteiger partial charge is 0.323 e. The quantitative estimate of drug-likeness (QED) is 0.934. The van der Waals surface area contributed by atoms with Crippen molar-refractivity contribution in [2.24, 2.45) is 0 Å². The number of amides is 1. The molecule has 5 nitrogen and oxygen atoms in total. The Morgan fingerprint density at radius 2 is 2.00 bits per heavy atom. The van der Waals surface area contributed by atoms with E-state index in [1.54, 1.807) is 0 Å². The van der Waals surface area contributed by atoms with E-state index in [0.29, 0.717) is 30.9 Å². The zero-order valence-corrected chi connectivity index (χ0v) is 13.8. The van der Waals surface area contributed by atoms with Crippen LogP contribution < -0.4 is 0 Å². The van der Waals surface area contributed by atoms with Crippen LogP contribution in [0.3, 0.4) is 0 Å². The molecule has 1 amide bonds. The van der Waals surface area contributed by atoms with E-state index in [4.69, 9.17) is 4.74 Å². The first-order chi connectivity index (χ1) is 11.1. The molecular weight excluding hydrogens is 314 g/mol. The maximum atomic E-state index is 13.0. The highest BCUT2D eigenvalue weighted by Gasteiger charge is 2.30. The molecule has 6 heteroatoms. The minimum absolute atomic E-state index is 0.0723. The van der Waals surface area contributed by atoms with Crippen molar-refractivity contribution < 1.29 is 19.4 Å². The lowest BCUT2D eigenvalue weighted by Crippen LogP contribution is -2.46. The molecule has 122 valence electrons. The highest BCUT2D eigenvalue weighted by atomic mass is 32.1. The van der Waals surface area contributed by atoms with Crippen molar-refractivity contribution >= 4 is 33.3 Å². The number of aryl methyl sites for hydroxylation is 1. The average molecular weight is 333 g/mol. The van der Waals surface area contributed by atoms with Gasteiger partial charge in [-0.1, -0.05) is 18.2 Å². The van der Waals surface area contributed by atoms with Gasteiger partial charge >= 0.3 is 5.97 Å². The molecule has 1 N–H and O–H groups in total. The van der Waals surface area contributed by atoms with Gasteiger partial charge in [0.2, 0.25) is 0 Å². The second-order valence-corrected chi connectivity index (χ2v) is 6.77. The van der Waals surface area contributed by atoms with Gasteiger partial charge in [0.25, 0.3) is 5.91 Å². The van der Waals surface area contributed by atoms with Crippen LogP contribution in [0.1, 0.15) is 28.1 Å². The third kappa shape index (κ3) is 3.23. The summed E-state index contributed by atoms with van der Waals surface area (Å²) in [5, 5.41) is 10.3. The molecule has 0 aliphatic carbocycles. The molecular formula is C17H19NO4S. The van der Waals surface area contributed by atoms with Crippen LogP contribution in [0.15, 0.2) is 24.3 Å². The molecule has 0 saturated carbocycles. The van der Waals surface area contributed by atoms with E-state index in [9.17, 15) is 14.7 Å². The van der Waals surface area contributed by atoms with Gasteiger partial charge in [0, 0.05) is 24.0 Å². The molecule has 0 spiro atoms. The lowest BCUT2D eigenvalue weighted by atomic mass is 10.1. The fraction of sp³-hybridized carbons (Fsp3) is 0.412. The predicted octanol–water partition coefficient (Wildman–Crippen LogP) is 2.92. The van der Waals surface area contributed by atoms with Crippen molar-refractivity contribution in [1.29, 1.82) is 0 Å². The van der Waals surface area contributed by atoms with Gasteiger partial charge in [0.15, 0.2) is 0 Å². The summed E-state index contributed by atoms with van der Waals surface area (Å²) in [5.74, 6) is -1.17. The molecule has 1 fully saturated rings. The Balaban J connectivity index is 1.95. The van der Waals surface area contributed by atoms with Crippen LogP contribution in [-0.2, 0) is 9.53 Å². The van der Waals surface area contributed by atoms with E-state index in [1.807, 2.05) is 31.2 Å². The molecule has 3 rings (SSSR count). The van der Waals surface area contributed by atoms with Crippen molar-refractivity contribution in [2.45, 2.75) is 25.8 Å². The summed E-state index contributed by atoms with van der Waals surface area (Å²) in [4.78, 5) is 26.4. The van der Waals surface area contributed by atoms with Crippen molar-refractivity contribution in [1.82, 2.24) is 4.90 Å². The molecule has 0 atom stereocenters. The topological polar surface area (TPSA) is 66.8 Å². The normalized spacial score (nSPS) is 15.7. The van der Waals surface area contributed by atoms with Crippen LogP contribution >= 0.6 is 11.3 Å². The molecule has 0 radical (unpaired) electrons. The second-order valence-electron chi connectivity index (χ2n) is 5.72. The Morgan fingerprint density at radius 1 is 1.30 bits per heavy atom. The first-order valence-corrected chi connectivity index (χ1v) is 8.48. The summed E-state index contributed by atoms with van der Waals surface area (Å²) in [7, 11) is 0. The molecule has 2 aromatic rings. The van der Waals surface area contributed by atoms with E-state index < -0.39 is 5.97 Å². The Kier molecular flexibility index (Phi) is 4.63. The number of aliphatic carboxylic acids is 1. The van der Waals surface area contributed by atoms with Gasteiger partial charge in [-0.05, 0) is 36.8 Å². The van der Waals surface area contributed by atoms with Crippen molar-refractivity contribution in [3.63, 3.8) is 0 Å². The molecule has 1 saturated heterocycles. The molecule has 1 aromatic heterocycles. The first-order valence-electron chi connectivity index (χ1n) is 7.66. The standard InChI is InChI=1S/C17H19NO4S/c1-11-13-4-2-3-5-14(13)23-16(11)17(21)18(10-15(19)20)12-6-8-22-9-7-12/h2-5,12H,6-10H2,1H3,(H,19,20). The zero-order valence-electron chi connectivity index (χ0n) is 12.9. The summed E-state index contributed by atoms with van der Waals surface area (Å²) < 4.78 is 6.38. The lowest BCUT2D eigenvalue weighted by Gasteiger charge is -2.33. The third-order valence-electron chi connectivity index (χ3n) is 4.24. The van der Waals surface area contributed by atoms with Crippen LogP contribution in [0, 0.1) is 6.92 Å². The summed E-state index contributed by atoms with van der Waals surface area (Å²) >= 11 is 1.44. The molecule has 0 bridgehead atoms. The SMILES string of the molecule is Cc1c(C(=O)N(CC(=O)O)C2CCOCC2)sc2ccccc12. The zero-order chi connectivity index (χ0) is 16.4. The Hall–Kier alpha value is -1.92. The van der Waals surface area contributed by atoms with Crippen molar-refractivity contribution in [3.05, 3.63) is 34.7 Å². The Labute approximate surface area is 138 Å². The van der Waals surface area contributed by atoms with Gasteiger partial charge in [-0.3, -0.25) is 9.59 Å². The summed E-state index contributed by atoms with van der Waals surface area (Å²) in [5.41, 5.74) is 0.929. The summed E-state index contributed by atoms with van der Waals surface area (Å²) in [6, 6.07) is 7.80. The van der Waals surface area contributed by atoms with Crippen molar-refractivity contribution in [3.8, 4) is 0 Å². The molecule has 23 heavy (non-hydrogen) atoms. The number of carbonyl (C=O) groups excluding carboxylic acids is 1. The van der Waals surface area contributed by atoms with Gasteiger partial charge in [0.1, 0.15) is 6.54 Å². The number of thiophene rings is 1. The average Bonchev–Trinajstić information content (AvgIpc) is 2.90. The minimum Gasteiger partial charge on any atom is -0.480 e. The van der Waals surface area contributed by atoms with Gasteiger partial charge < -0.3 is 14.7 Å². The largest absolute Gasteiger partial charge is 0.480 e. The van der Waals surface area contributed by atoms with Gasteiger partial charge in [-0.25, -0.2) is 0 Å². The fourth-order valence-electron chi connectivity index (χ4n) is 3.02. The fourth-order valence-corrected chi connectivity index (χ4v) is 4.18. The van der Waals surface area contributed by atoms with Crippen LogP contribution in [0.2, 0.25) is 0 Å². The molecule has 2 heterocycles. The number of benzene rings is 1. The monoisotopic (exact) mass is 333 g/mol. The van der Waals surface area contributed by atoms with E-state index in [2.05, 4.69) is 0 Å². The number of carboxylic acid groups (broad SMARTS) is 1. The minimum atomic E-state index is -0.983. The Morgan fingerprint density at radius 3 is 2.65 bits per heavy atom. The van der Waals surface area contributed by atoms with Crippen LogP contribution in [0.25, 0.3) is 10.1 Å². The third-order valence-corrected chi connectivity index (χ3v) is 5.50. The maximum absolute atomic E-state index is 13.0.